The highest BCUT2D eigenvalue weighted by atomic mass is 16.2. The third-order valence-electron chi connectivity index (χ3n) is 5.65. The van der Waals surface area contributed by atoms with Crippen molar-refractivity contribution in [2.24, 2.45) is 11.8 Å². The number of nitrogens with one attached hydrogen (secondary N) is 1. The van der Waals surface area contributed by atoms with Crippen LogP contribution in [0.1, 0.15) is 57.6 Å². The Morgan fingerprint density at radius 3 is 2.14 bits per heavy atom. The number of carbonyl (C=O) groups excluding carboxylic acids is 2. The Balaban J connectivity index is 1.89. The molecule has 0 aliphatic carbocycles. The maximum absolute atomic E-state index is 12.6. The van der Waals surface area contributed by atoms with E-state index < -0.39 is 0 Å². The Morgan fingerprint density at radius 1 is 1.00 bits per heavy atom. The van der Waals surface area contributed by atoms with Gasteiger partial charge in [-0.3, -0.25) is 10.1 Å². The SMILES string of the molecule is CCC[C@@H](CCC(C)C)C(=O)NC(=O)N1CCN(c2c(C)cccc2C)CC1. The number of aryl methyl sites for hydroxylation is 2. The molecule has 5 heteroatoms. The first-order valence-electron chi connectivity index (χ1n) is 10.7. The lowest BCUT2D eigenvalue weighted by Gasteiger charge is -2.37. The minimum Gasteiger partial charge on any atom is -0.368 e. The Bertz CT molecular complexity index is 644. The van der Waals surface area contributed by atoms with E-state index in [4.69, 9.17) is 0 Å². The fourth-order valence-corrected chi connectivity index (χ4v) is 4.01. The molecule has 1 N–H and O–H groups in total. The summed E-state index contributed by atoms with van der Waals surface area (Å²) in [6.45, 7) is 13.5. The van der Waals surface area contributed by atoms with Gasteiger partial charge in [-0.1, -0.05) is 51.8 Å². The summed E-state index contributed by atoms with van der Waals surface area (Å²) in [6, 6.07) is 6.10. The van der Waals surface area contributed by atoms with Crippen molar-refractivity contribution in [3.63, 3.8) is 0 Å². The van der Waals surface area contributed by atoms with E-state index in [1.165, 1.54) is 16.8 Å². The Hall–Kier alpha value is -2.04. The van der Waals surface area contributed by atoms with Crippen LogP contribution in [0.25, 0.3) is 0 Å². The van der Waals surface area contributed by atoms with Crippen molar-refractivity contribution in [1.82, 2.24) is 10.2 Å². The van der Waals surface area contributed by atoms with Gasteiger partial charge < -0.3 is 9.80 Å². The van der Waals surface area contributed by atoms with Gasteiger partial charge in [0, 0.05) is 37.8 Å². The van der Waals surface area contributed by atoms with Crippen molar-refractivity contribution >= 4 is 17.6 Å². The summed E-state index contributed by atoms with van der Waals surface area (Å²) in [4.78, 5) is 29.3. The molecule has 0 aromatic heterocycles. The van der Waals surface area contributed by atoms with Crippen LogP contribution < -0.4 is 10.2 Å². The number of piperazine rings is 1. The highest BCUT2D eigenvalue weighted by molar-refractivity contribution is 5.95. The third-order valence-corrected chi connectivity index (χ3v) is 5.65. The molecule has 0 bridgehead atoms. The van der Waals surface area contributed by atoms with Crippen LogP contribution in [0.3, 0.4) is 0 Å². The zero-order valence-electron chi connectivity index (χ0n) is 18.3. The van der Waals surface area contributed by atoms with Crippen molar-refractivity contribution in [2.75, 3.05) is 31.1 Å². The molecule has 0 unspecified atom stereocenters. The van der Waals surface area contributed by atoms with E-state index in [1.807, 2.05) is 0 Å². The van der Waals surface area contributed by atoms with Gasteiger partial charge in [-0.05, 0) is 43.7 Å². The van der Waals surface area contributed by atoms with Crippen molar-refractivity contribution in [1.29, 1.82) is 0 Å². The molecule has 1 atom stereocenters. The predicted octanol–water partition coefficient (Wildman–Crippen LogP) is 4.51. The van der Waals surface area contributed by atoms with Crippen LogP contribution in [-0.4, -0.2) is 43.0 Å². The highest BCUT2D eigenvalue weighted by Gasteiger charge is 2.26. The first kappa shape index (κ1) is 22.3. The number of urea groups is 1. The fourth-order valence-electron chi connectivity index (χ4n) is 4.01. The maximum atomic E-state index is 12.6. The van der Waals surface area contributed by atoms with E-state index in [-0.39, 0.29) is 17.9 Å². The zero-order valence-corrected chi connectivity index (χ0v) is 18.3. The number of hydrogen-bond acceptors (Lipinski definition) is 3. The molecular weight excluding hydrogens is 350 g/mol. The number of carbonyl (C=O) groups is 2. The summed E-state index contributed by atoms with van der Waals surface area (Å²) in [5, 5.41) is 2.67. The molecule has 1 aromatic rings. The molecule has 28 heavy (non-hydrogen) atoms. The minimum absolute atomic E-state index is 0.0627. The molecule has 1 aromatic carbocycles. The van der Waals surface area contributed by atoms with E-state index >= 15 is 0 Å². The molecule has 0 radical (unpaired) electrons. The maximum Gasteiger partial charge on any atom is 0.324 e. The number of rotatable bonds is 7. The normalized spacial score (nSPS) is 15.6. The van der Waals surface area contributed by atoms with Gasteiger partial charge in [0.15, 0.2) is 0 Å². The summed E-state index contributed by atoms with van der Waals surface area (Å²) >= 11 is 0. The van der Waals surface area contributed by atoms with Gasteiger partial charge in [-0.15, -0.1) is 0 Å². The summed E-state index contributed by atoms with van der Waals surface area (Å²) in [5.41, 5.74) is 3.80. The van der Waals surface area contributed by atoms with Gasteiger partial charge in [-0.25, -0.2) is 4.79 Å². The largest absolute Gasteiger partial charge is 0.368 e. The third kappa shape index (κ3) is 5.98. The number of hydrogen-bond donors (Lipinski definition) is 1. The lowest BCUT2D eigenvalue weighted by atomic mass is 9.93. The van der Waals surface area contributed by atoms with Crippen LogP contribution in [0.5, 0.6) is 0 Å². The van der Waals surface area contributed by atoms with Gasteiger partial charge in [0.1, 0.15) is 0 Å². The fraction of sp³-hybridized carbons (Fsp3) is 0.652. The molecular formula is C23H37N3O2. The van der Waals surface area contributed by atoms with E-state index in [1.54, 1.807) is 4.90 Å². The first-order valence-corrected chi connectivity index (χ1v) is 10.7. The number of amides is 3. The summed E-state index contributed by atoms with van der Waals surface area (Å²) < 4.78 is 0. The Morgan fingerprint density at radius 2 is 1.61 bits per heavy atom. The minimum atomic E-state index is -0.239. The second kappa shape index (κ2) is 10.5. The van der Waals surface area contributed by atoms with Crippen LogP contribution in [-0.2, 0) is 4.79 Å². The molecule has 1 saturated heterocycles. The topological polar surface area (TPSA) is 52.7 Å². The molecule has 2 rings (SSSR count). The van der Waals surface area contributed by atoms with Crippen LogP contribution in [0.15, 0.2) is 18.2 Å². The van der Waals surface area contributed by atoms with Gasteiger partial charge in [-0.2, -0.15) is 0 Å². The monoisotopic (exact) mass is 387 g/mol. The van der Waals surface area contributed by atoms with Crippen molar-refractivity contribution < 1.29 is 9.59 Å². The first-order chi connectivity index (χ1) is 13.3. The molecule has 1 aliphatic heterocycles. The molecule has 3 amide bonds. The van der Waals surface area contributed by atoms with E-state index in [2.05, 4.69) is 63.0 Å². The predicted molar refractivity (Wildman–Crippen MR) is 116 cm³/mol. The van der Waals surface area contributed by atoms with Gasteiger partial charge in [0.05, 0.1) is 0 Å². The van der Waals surface area contributed by atoms with Crippen molar-refractivity contribution in [3.05, 3.63) is 29.3 Å². The van der Waals surface area contributed by atoms with Crippen molar-refractivity contribution in [3.8, 4) is 0 Å². The van der Waals surface area contributed by atoms with Gasteiger partial charge in [0.2, 0.25) is 5.91 Å². The molecule has 5 nitrogen and oxygen atoms in total. The number of benzene rings is 1. The summed E-state index contributed by atoms with van der Waals surface area (Å²) in [7, 11) is 0. The molecule has 1 fully saturated rings. The zero-order chi connectivity index (χ0) is 20.7. The summed E-state index contributed by atoms with van der Waals surface area (Å²) in [6.07, 6.45) is 3.66. The van der Waals surface area contributed by atoms with Crippen LogP contribution in [0.4, 0.5) is 10.5 Å². The lowest BCUT2D eigenvalue weighted by molar-refractivity contribution is -0.124. The van der Waals surface area contributed by atoms with Gasteiger partial charge in [0.25, 0.3) is 0 Å². The average molecular weight is 388 g/mol. The lowest BCUT2D eigenvalue weighted by Crippen LogP contribution is -2.53. The standard InChI is InChI=1S/C23H37N3O2/c1-6-8-20(12-11-17(2)3)22(27)24-23(28)26-15-13-25(14-16-26)21-18(4)9-7-10-19(21)5/h7,9-10,17,20H,6,8,11-16H2,1-5H3,(H,24,27,28)/t20-/m0/s1. The van der Waals surface area contributed by atoms with E-state index in [9.17, 15) is 9.59 Å². The smallest absolute Gasteiger partial charge is 0.324 e. The van der Waals surface area contributed by atoms with E-state index in [0.717, 1.165) is 38.8 Å². The molecule has 0 saturated carbocycles. The number of para-hydroxylation sites is 1. The molecule has 1 aliphatic rings. The second-order valence-corrected chi connectivity index (χ2v) is 8.47. The van der Waals surface area contributed by atoms with E-state index in [0.29, 0.717) is 19.0 Å². The van der Waals surface area contributed by atoms with Crippen LogP contribution >= 0.6 is 0 Å². The van der Waals surface area contributed by atoms with Crippen molar-refractivity contribution in [2.45, 2.75) is 60.3 Å². The number of anilines is 1. The summed E-state index contributed by atoms with van der Waals surface area (Å²) in [5.74, 6) is 0.401. The molecule has 1 heterocycles. The Labute approximate surface area is 170 Å². The number of imide groups is 1. The second-order valence-electron chi connectivity index (χ2n) is 8.47. The number of nitrogens with zero attached hydrogens (tertiary/aromatic N) is 2. The van der Waals surface area contributed by atoms with Gasteiger partial charge >= 0.3 is 6.03 Å². The molecule has 0 spiro atoms. The quantitative estimate of drug-likeness (QED) is 0.749. The highest BCUT2D eigenvalue weighted by Crippen LogP contribution is 2.25. The van der Waals surface area contributed by atoms with Crippen LogP contribution in [0.2, 0.25) is 0 Å². The Kier molecular flexibility index (Phi) is 8.34. The van der Waals surface area contributed by atoms with Crippen LogP contribution in [0, 0.1) is 25.7 Å². The average Bonchev–Trinajstić information content (AvgIpc) is 2.65. The molecule has 156 valence electrons.